The van der Waals surface area contributed by atoms with Gasteiger partial charge in [-0.05, 0) is 20.9 Å². The lowest BCUT2D eigenvalue weighted by Crippen LogP contribution is -2.26. The average molecular weight is 168 g/mol. The van der Waals surface area contributed by atoms with Crippen molar-refractivity contribution in [2.24, 2.45) is 7.05 Å². The van der Waals surface area contributed by atoms with Crippen LogP contribution in [0.2, 0.25) is 0 Å². The van der Waals surface area contributed by atoms with Crippen molar-refractivity contribution in [3.63, 3.8) is 0 Å². The summed E-state index contributed by atoms with van der Waals surface area (Å²) in [6.07, 6.45) is 1.73. The fraction of sp³-hybridized carbons (Fsp3) is 0.750. The smallest absolute Gasteiger partial charge is 0.164 e. The standard InChI is InChI=1S/C8H16N4/c1-7(2)11(3)5-8-9-6-12(4)10-8/h6-7H,5H2,1-4H3. The predicted molar refractivity (Wildman–Crippen MR) is 47.6 cm³/mol. The van der Waals surface area contributed by atoms with E-state index in [0.717, 1.165) is 12.4 Å². The largest absolute Gasteiger partial charge is 0.297 e. The first-order chi connectivity index (χ1) is 5.59. The molecule has 0 atom stereocenters. The molecule has 4 nitrogen and oxygen atoms in total. The SMILES string of the molecule is CC(C)N(C)Cc1ncn(C)n1. The molecule has 0 unspecified atom stereocenters. The lowest BCUT2D eigenvalue weighted by molar-refractivity contribution is 0.259. The van der Waals surface area contributed by atoms with Gasteiger partial charge in [0.15, 0.2) is 5.82 Å². The first kappa shape index (κ1) is 9.19. The summed E-state index contributed by atoms with van der Waals surface area (Å²) in [4.78, 5) is 6.35. The zero-order valence-electron chi connectivity index (χ0n) is 8.15. The van der Waals surface area contributed by atoms with E-state index in [9.17, 15) is 0 Å². The third-order valence-electron chi connectivity index (χ3n) is 1.92. The van der Waals surface area contributed by atoms with Crippen LogP contribution in [0.1, 0.15) is 19.7 Å². The highest BCUT2D eigenvalue weighted by atomic mass is 15.3. The van der Waals surface area contributed by atoms with Crippen molar-refractivity contribution >= 4 is 0 Å². The molecule has 0 aliphatic carbocycles. The van der Waals surface area contributed by atoms with Crippen molar-refractivity contribution in [2.75, 3.05) is 7.05 Å². The molecule has 0 saturated carbocycles. The Bertz CT molecular complexity index is 241. The molecule has 1 heterocycles. The van der Waals surface area contributed by atoms with E-state index in [1.165, 1.54) is 0 Å². The van der Waals surface area contributed by atoms with Crippen LogP contribution in [-0.2, 0) is 13.6 Å². The van der Waals surface area contributed by atoms with Crippen LogP contribution in [0.3, 0.4) is 0 Å². The summed E-state index contributed by atoms with van der Waals surface area (Å²) < 4.78 is 1.73. The Morgan fingerprint density at radius 2 is 2.25 bits per heavy atom. The number of aromatic nitrogens is 3. The van der Waals surface area contributed by atoms with E-state index in [2.05, 4.69) is 35.9 Å². The van der Waals surface area contributed by atoms with Crippen LogP contribution in [-0.4, -0.2) is 32.8 Å². The van der Waals surface area contributed by atoms with Crippen molar-refractivity contribution < 1.29 is 0 Å². The number of hydrogen-bond acceptors (Lipinski definition) is 3. The monoisotopic (exact) mass is 168 g/mol. The van der Waals surface area contributed by atoms with E-state index in [1.807, 2.05) is 7.05 Å². The van der Waals surface area contributed by atoms with Gasteiger partial charge in [-0.2, -0.15) is 5.10 Å². The van der Waals surface area contributed by atoms with Crippen LogP contribution < -0.4 is 0 Å². The van der Waals surface area contributed by atoms with Crippen LogP contribution >= 0.6 is 0 Å². The van der Waals surface area contributed by atoms with E-state index >= 15 is 0 Å². The minimum atomic E-state index is 0.536. The van der Waals surface area contributed by atoms with Crippen LogP contribution in [0.15, 0.2) is 6.33 Å². The molecule has 0 spiro atoms. The Morgan fingerprint density at radius 3 is 2.67 bits per heavy atom. The van der Waals surface area contributed by atoms with Gasteiger partial charge in [0, 0.05) is 13.1 Å². The zero-order chi connectivity index (χ0) is 9.14. The summed E-state index contributed by atoms with van der Waals surface area (Å²) in [5, 5.41) is 4.20. The molecule has 0 radical (unpaired) electrons. The molecular weight excluding hydrogens is 152 g/mol. The second-order valence-corrected chi connectivity index (χ2v) is 3.34. The Morgan fingerprint density at radius 1 is 1.58 bits per heavy atom. The van der Waals surface area contributed by atoms with E-state index in [4.69, 9.17) is 0 Å². The molecule has 0 aliphatic heterocycles. The van der Waals surface area contributed by atoms with Gasteiger partial charge in [0.1, 0.15) is 6.33 Å². The Balaban J connectivity index is 2.52. The highest BCUT2D eigenvalue weighted by Crippen LogP contribution is 1.99. The number of aryl methyl sites for hydroxylation is 1. The maximum atomic E-state index is 4.20. The molecule has 12 heavy (non-hydrogen) atoms. The van der Waals surface area contributed by atoms with E-state index in [0.29, 0.717) is 6.04 Å². The van der Waals surface area contributed by atoms with Gasteiger partial charge in [0.2, 0.25) is 0 Å². The van der Waals surface area contributed by atoms with Gasteiger partial charge in [-0.25, -0.2) is 4.98 Å². The maximum absolute atomic E-state index is 4.20. The molecule has 1 aromatic heterocycles. The van der Waals surface area contributed by atoms with Crippen LogP contribution in [0.5, 0.6) is 0 Å². The fourth-order valence-corrected chi connectivity index (χ4v) is 0.862. The van der Waals surface area contributed by atoms with E-state index < -0.39 is 0 Å². The summed E-state index contributed by atoms with van der Waals surface area (Å²) in [7, 11) is 3.95. The summed E-state index contributed by atoms with van der Waals surface area (Å²) in [6, 6.07) is 0.536. The zero-order valence-corrected chi connectivity index (χ0v) is 8.15. The molecule has 0 N–H and O–H groups in total. The van der Waals surface area contributed by atoms with Crippen molar-refractivity contribution in [3.05, 3.63) is 12.2 Å². The Labute approximate surface area is 73.2 Å². The van der Waals surface area contributed by atoms with Crippen LogP contribution in [0.25, 0.3) is 0 Å². The van der Waals surface area contributed by atoms with Gasteiger partial charge in [-0.15, -0.1) is 0 Å². The lowest BCUT2D eigenvalue weighted by Gasteiger charge is -2.18. The molecule has 1 aromatic rings. The van der Waals surface area contributed by atoms with E-state index in [-0.39, 0.29) is 0 Å². The molecule has 68 valence electrons. The minimum absolute atomic E-state index is 0.536. The van der Waals surface area contributed by atoms with Gasteiger partial charge < -0.3 is 0 Å². The number of nitrogens with zero attached hydrogens (tertiary/aromatic N) is 4. The Hall–Kier alpha value is -0.900. The highest BCUT2D eigenvalue weighted by molar-refractivity contribution is 4.81. The quantitative estimate of drug-likeness (QED) is 0.664. The third kappa shape index (κ3) is 2.30. The number of rotatable bonds is 3. The second-order valence-electron chi connectivity index (χ2n) is 3.34. The van der Waals surface area contributed by atoms with E-state index in [1.54, 1.807) is 11.0 Å². The van der Waals surface area contributed by atoms with Crippen molar-refractivity contribution in [1.29, 1.82) is 0 Å². The summed E-state index contributed by atoms with van der Waals surface area (Å²) in [6.45, 7) is 5.13. The van der Waals surface area contributed by atoms with Gasteiger partial charge >= 0.3 is 0 Å². The molecule has 0 fully saturated rings. The first-order valence-electron chi connectivity index (χ1n) is 4.14. The van der Waals surface area contributed by atoms with Gasteiger partial charge in [0.25, 0.3) is 0 Å². The molecule has 0 saturated heterocycles. The second kappa shape index (κ2) is 3.67. The highest BCUT2D eigenvalue weighted by Gasteiger charge is 2.06. The molecule has 1 rings (SSSR count). The summed E-state index contributed by atoms with van der Waals surface area (Å²) in [5.74, 6) is 0.883. The summed E-state index contributed by atoms with van der Waals surface area (Å²) >= 11 is 0. The van der Waals surface area contributed by atoms with Gasteiger partial charge in [0.05, 0.1) is 6.54 Å². The average Bonchev–Trinajstić information content (AvgIpc) is 2.35. The first-order valence-corrected chi connectivity index (χ1v) is 4.14. The van der Waals surface area contributed by atoms with Crippen molar-refractivity contribution in [1.82, 2.24) is 19.7 Å². The third-order valence-corrected chi connectivity index (χ3v) is 1.92. The fourth-order valence-electron chi connectivity index (χ4n) is 0.862. The number of hydrogen-bond donors (Lipinski definition) is 0. The predicted octanol–water partition coefficient (Wildman–Crippen LogP) is 0.655. The topological polar surface area (TPSA) is 34.0 Å². The lowest BCUT2D eigenvalue weighted by atomic mass is 10.3. The molecule has 0 aliphatic rings. The molecule has 0 amide bonds. The van der Waals surface area contributed by atoms with Crippen molar-refractivity contribution in [2.45, 2.75) is 26.4 Å². The maximum Gasteiger partial charge on any atom is 0.164 e. The Kier molecular flexibility index (Phi) is 2.81. The van der Waals surface area contributed by atoms with Gasteiger partial charge in [-0.3, -0.25) is 9.58 Å². The molecule has 0 bridgehead atoms. The van der Waals surface area contributed by atoms with Crippen LogP contribution in [0, 0.1) is 0 Å². The molecule has 0 aromatic carbocycles. The normalized spacial score (nSPS) is 11.5. The van der Waals surface area contributed by atoms with Crippen molar-refractivity contribution in [3.8, 4) is 0 Å². The summed E-state index contributed by atoms with van der Waals surface area (Å²) in [5.41, 5.74) is 0. The van der Waals surface area contributed by atoms with Gasteiger partial charge in [-0.1, -0.05) is 0 Å². The molecule has 4 heteroatoms. The minimum Gasteiger partial charge on any atom is -0.297 e. The van der Waals surface area contributed by atoms with Crippen LogP contribution in [0.4, 0.5) is 0 Å². The molecular formula is C8H16N4.